The lowest BCUT2D eigenvalue weighted by Crippen LogP contribution is -2.33. The maximum Gasteiger partial charge on any atom is 0.420 e. The first-order valence-corrected chi connectivity index (χ1v) is 42.7. The monoisotopic (exact) mass is 1710 g/mol. The van der Waals surface area contributed by atoms with E-state index in [9.17, 15) is 29.3 Å². The molecular formula is C110H84Cl3N5O8. The Kier molecular flexibility index (Phi) is 25.2. The molecule has 618 valence electrons. The van der Waals surface area contributed by atoms with Crippen LogP contribution in [0.1, 0.15) is 149 Å². The van der Waals surface area contributed by atoms with Gasteiger partial charge in [-0.1, -0.05) is 325 Å². The maximum absolute atomic E-state index is 13.7. The number of methoxy groups -OCH3 is 1. The van der Waals surface area contributed by atoms with E-state index < -0.39 is 11.0 Å². The highest BCUT2D eigenvalue weighted by Crippen LogP contribution is 2.50. The molecule has 4 atom stereocenters. The highest BCUT2D eigenvalue weighted by Gasteiger charge is 2.38. The number of anilines is 4. The summed E-state index contributed by atoms with van der Waals surface area (Å²) in [5, 5.41) is 13.1. The Labute approximate surface area is 747 Å². The van der Waals surface area contributed by atoms with Crippen LogP contribution < -0.4 is 29.1 Å². The van der Waals surface area contributed by atoms with E-state index in [1.807, 2.05) is 259 Å². The Morgan fingerprint density at radius 2 is 0.563 bits per heavy atom. The van der Waals surface area contributed by atoms with E-state index in [0.717, 1.165) is 111 Å². The van der Waals surface area contributed by atoms with Gasteiger partial charge in [-0.05, 0) is 199 Å². The molecule has 4 unspecified atom stereocenters. The van der Waals surface area contributed by atoms with Crippen LogP contribution in [0.2, 0.25) is 15.1 Å². The summed E-state index contributed by atoms with van der Waals surface area (Å²) in [5.41, 5.74) is 23.8. The Balaban J connectivity index is 0.000000119. The number of fused-ring (bicyclic) bond motifs is 8. The van der Waals surface area contributed by atoms with Gasteiger partial charge in [0.25, 0.3) is 23.4 Å². The zero-order valence-electron chi connectivity index (χ0n) is 68.9. The summed E-state index contributed by atoms with van der Waals surface area (Å²) in [5.74, 6) is 0.815. The predicted molar refractivity (Wildman–Crippen MR) is 504 cm³/mol. The highest BCUT2D eigenvalue weighted by atomic mass is 35.5. The predicted octanol–water partition coefficient (Wildman–Crippen LogP) is 26.7. The van der Waals surface area contributed by atoms with Crippen molar-refractivity contribution in [2.24, 2.45) is 0 Å². The third-order valence-corrected chi connectivity index (χ3v) is 24.6. The van der Waals surface area contributed by atoms with Crippen LogP contribution in [0.25, 0.3) is 0 Å². The largest absolute Gasteiger partial charge is 0.497 e. The van der Waals surface area contributed by atoms with Gasteiger partial charge in [-0.2, -0.15) is 0 Å². The molecule has 16 heteroatoms. The van der Waals surface area contributed by atoms with Crippen LogP contribution in [-0.2, 0) is 26.2 Å². The van der Waals surface area contributed by atoms with Crippen LogP contribution in [0, 0.1) is 17.0 Å². The van der Waals surface area contributed by atoms with Crippen molar-refractivity contribution in [1.82, 2.24) is 0 Å². The number of benzene rings is 16. The fourth-order valence-corrected chi connectivity index (χ4v) is 18.3. The van der Waals surface area contributed by atoms with Crippen LogP contribution in [0.3, 0.4) is 0 Å². The van der Waals surface area contributed by atoms with Crippen LogP contribution in [0.4, 0.5) is 33.2 Å². The van der Waals surface area contributed by atoms with Gasteiger partial charge < -0.3 is 24.2 Å². The number of non-ortho nitro benzene ring substituents is 1. The minimum atomic E-state index is -0.472. The van der Waals surface area contributed by atoms with Gasteiger partial charge in [0, 0.05) is 84.6 Å². The number of halogens is 3. The first-order valence-electron chi connectivity index (χ1n) is 41.6. The van der Waals surface area contributed by atoms with Crippen molar-refractivity contribution in [3.05, 3.63) is 537 Å². The molecule has 4 heterocycles. The number of ether oxygens (including phenoxy) is 2. The van der Waals surface area contributed by atoms with E-state index in [1.165, 1.54) is 41.0 Å². The van der Waals surface area contributed by atoms with Crippen molar-refractivity contribution in [2.75, 3.05) is 26.7 Å². The van der Waals surface area contributed by atoms with E-state index in [1.54, 1.807) is 29.0 Å². The van der Waals surface area contributed by atoms with Crippen LogP contribution in [-0.4, -0.2) is 35.8 Å². The smallest absolute Gasteiger partial charge is 0.420 e. The van der Waals surface area contributed by atoms with Crippen LogP contribution in [0.15, 0.2) is 400 Å². The highest BCUT2D eigenvalue weighted by molar-refractivity contribution is 6.32. The molecule has 20 rings (SSSR count). The van der Waals surface area contributed by atoms with Crippen LogP contribution in [0.5, 0.6) is 11.5 Å². The van der Waals surface area contributed by atoms with Crippen molar-refractivity contribution >= 4 is 87.1 Å². The number of aryl methyl sites for hydroxylation is 1. The number of nitro benzene ring substituents is 1. The zero-order chi connectivity index (χ0) is 86.7. The number of rotatable bonds is 10. The summed E-state index contributed by atoms with van der Waals surface area (Å²) >= 11 is 20.0. The molecule has 0 aromatic heterocycles. The van der Waals surface area contributed by atoms with E-state index >= 15 is 0 Å². The van der Waals surface area contributed by atoms with Crippen molar-refractivity contribution in [3.63, 3.8) is 0 Å². The van der Waals surface area contributed by atoms with Crippen molar-refractivity contribution in [3.8, 4) is 11.5 Å². The lowest BCUT2D eigenvalue weighted by molar-refractivity contribution is -0.384. The normalized spacial score (nSPS) is 14.9. The number of para-hydroxylation sites is 5. The van der Waals surface area contributed by atoms with Gasteiger partial charge in [0.05, 0.1) is 43.9 Å². The summed E-state index contributed by atoms with van der Waals surface area (Å²) < 4.78 is 11.0. The number of nitro groups is 1. The van der Waals surface area contributed by atoms with Crippen molar-refractivity contribution in [1.29, 1.82) is 0 Å². The minimum Gasteiger partial charge on any atom is -0.497 e. The fraction of sp³-hybridized carbons (Fsp3) is 0.0909. The second-order valence-electron chi connectivity index (χ2n) is 31.1. The standard InChI is InChI=1S/C28H22ClNO2.C28H23NO.C27H19ClN2O3.C27H20ClNO2/c1-32-21-16-14-19(15-17-21)28(31)30-18-20-8-2-3-9-22(20)27(23-10-4-6-12-25(23)29)24-11-5-7-13-26(24)30;1-20-15-17-22(18-16-20)28(30)29-19-23-11-5-6-12-24(23)27(21-9-3-2-4-10-21)25-13-7-8-14-26(25)29;28-24-11-5-3-9-22(24)26-21-8-2-1-7-19(21)17-29(25-12-6-4-10-23(25)26)27(31)18-13-15-20(16-14-18)30(32)33;28-24-16-8-6-14-22(24)26-21-13-5-4-10-19(21)18-29(25-17-9-7-15-23(25)26)27(30)31-20-11-2-1-3-12-20/h2-17,27H,18H2,1H3;2-18,27H,19H2,1H3;1-16,26H,17H2;1-17,26H,18H2. The molecule has 16 aromatic carbocycles. The van der Waals surface area contributed by atoms with Gasteiger partial charge in [-0.25, -0.2) is 4.79 Å². The molecule has 0 saturated heterocycles. The quantitative estimate of drug-likeness (QED) is 0.0973. The fourth-order valence-electron chi connectivity index (χ4n) is 17.6. The van der Waals surface area contributed by atoms with Gasteiger partial charge in [0.15, 0.2) is 0 Å². The van der Waals surface area contributed by atoms with E-state index in [2.05, 4.69) is 121 Å². The molecule has 0 aliphatic carbocycles. The minimum absolute atomic E-state index is 0.0333. The SMILES string of the molecule is COc1ccc(C(=O)N2Cc3ccccc3C(c3ccccc3Cl)c3ccccc32)cc1.Cc1ccc(C(=O)N2Cc3ccccc3C(c3ccccc3)c3ccccc32)cc1.O=C(Oc1ccccc1)N1Cc2ccccc2C(c2ccccc2Cl)c2ccccc21.O=C(c1ccc([N+](=O)[O-])cc1)N1Cc2ccccc2C(c2ccccc2Cl)c2ccccc21. The number of hydrogen-bond acceptors (Lipinski definition) is 8. The van der Waals surface area contributed by atoms with Gasteiger partial charge in [0.1, 0.15) is 11.5 Å². The Morgan fingerprint density at radius 3 is 0.913 bits per heavy atom. The average molecular weight is 1710 g/mol. The first-order chi connectivity index (χ1) is 61.7. The molecule has 0 saturated carbocycles. The molecule has 4 aliphatic rings. The number of nitrogens with zero attached hydrogens (tertiary/aromatic N) is 5. The van der Waals surface area contributed by atoms with E-state index in [4.69, 9.17) is 44.3 Å². The zero-order valence-corrected chi connectivity index (χ0v) is 71.1. The second-order valence-corrected chi connectivity index (χ2v) is 32.3. The number of carbonyl (C=O) groups is 4. The number of carbonyl (C=O) groups excluding carboxylic acids is 4. The molecule has 0 spiro atoms. The van der Waals surface area contributed by atoms with Gasteiger partial charge in [-0.3, -0.25) is 29.4 Å². The number of amides is 4. The average Bonchev–Trinajstić information content (AvgIpc) is 1.61. The molecular weight excluding hydrogens is 1630 g/mol. The lowest BCUT2D eigenvalue weighted by atomic mass is 9.83. The Hall–Kier alpha value is -14.7. The topological polar surface area (TPSA) is 143 Å². The molecule has 0 bridgehead atoms. The molecule has 4 amide bonds. The van der Waals surface area contributed by atoms with Crippen molar-refractivity contribution in [2.45, 2.75) is 56.8 Å². The maximum atomic E-state index is 13.7. The first kappa shape index (κ1) is 83.5. The van der Waals surface area contributed by atoms with E-state index in [-0.39, 0.29) is 47.1 Å². The summed E-state index contributed by atoms with van der Waals surface area (Å²) in [6.07, 6.45) is -0.409. The Morgan fingerprint density at radius 1 is 0.294 bits per heavy atom. The molecule has 126 heavy (non-hydrogen) atoms. The molecule has 0 N–H and O–H groups in total. The Bertz CT molecular complexity index is 6690. The number of hydrogen-bond donors (Lipinski definition) is 0. The summed E-state index contributed by atoms with van der Waals surface area (Å²) in [4.78, 5) is 72.0. The lowest BCUT2D eigenvalue weighted by Gasteiger charge is -2.25. The van der Waals surface area contributed by atoms with Crippen LogP contribution >= 0.6 is 34.8 Å². The van der Waals surface area contributed by atoms with Crippen molar-refractivity contribution < 1.29 is 33.6 Å². The van der Waals surface area contributed by atoms with Gasteiger partial charge in [-0.15, -0.1) is 0 Å². The summed E-state index contributed by atoms with van der Waals surface area (Å²) in [6.45, 7) is 3.88. The van der Waals surface area contributed by atoms with Gasteiger partial charge >= 0.3 is 6.09 Å². The van der Waals surface area contributed by atoms with E-state index in [0.29, 0.717) is 58.7 Å². The summed E-state index contributed by atoms with van der Waals surface area (Å²) in [6, 6.07) is 130. The second kappa shape index (κ2) is 37.9. The third-order valence-electron chi connectivity index (χ3n) is 23.6. The van der Waals surface area contributed by atoms with Gasteiger partial charge in [0.2, 0.25) is 0 Å². The third kappa shape index (κ3) is 17.5. The summed E-state index contributed by atoms with van der Waals surface area (Å²) in [7, 11) is 1.62. The molecule has 16 aromatic rings. The molecule has 0 radical (unpaired) electrons. The molecule has 0 fully saturated rings. The molecule has 13 nitrogen and oxygen atoms in total. The molecule has 4 aliphatic heterocycles.